The smallest absolute Gasteiger partial charge is 0.329 e. The predicted molar refractivity (Wildman–Crippen MR) is 125 cm³/mol. The number of nitrogens with zero attached hydrogens (tertiary/aromatic N) is 2. The Kier molecular flexibility index (Phi) is 7.29. The number of non-ortho nitro benzene ring substituents is 1. The highest BCUT2D eigenvalue weighted by Crippen LogP contribution is 2.21. The minimum Gasteiger partial charge on any atom is -0.507 e. The number of nitro benzene ring substituents is 1. The summed E-state index contributed by atoms with van der Waals surface area (Å²) in [5.74, 6) is -3.05. The molecule has 11 heteroatoms. The molecule has 3 amide bonds. The van der Waals surface area contributed by atoms with E-state index >= 15 is 0 Å². The van der Waals surface area contributed by atoms with Crippen LogP contribution in [0.15, 0.2) is 71.8 Å². The molecular weight excluding hydrogens is 442 g/mol. The molecule has 0 aromatic heterocycles. The van der Waals surface area contributed by atoms with Crippen LogP contribution in [-0.4, -0.2) is 34.0 Å². The first-order valence-electron chi connectivity index (χ1n) is 9.83. The van der Waals surface area contributed by atoms with Crippen molar-refractivity contribution in [2.24, 2.45) is 5.10 Å². The van der Waals surface area contributed by atoms with E-state index in [2.05, 4.69) is 15.7 Å². The number of anilines is 2. The molecule has 0 unspecified atom stereocenters. The van der Waals surface area contributed by atoms with Gasteiger partial charge in [0.15, 0.2) is 0 Å². The van der Waals surface area contributed by atoms with Gasteiger partial charge < -0.3 is 15.7 Å². The van der Waals surface area contributed by atoms with Gasteiger partial charge >= 0.3 is 11.8 Å². The molecule has 3 rings (SSSR count). The summed E-state index contributed by atoms with van der Waals surface area (Å²) in [7, 11) is 0. The van der Waals surface area contributed by atoms with Crippen molar-refractivity contribution in [3.8, 4) is 5.75 Å². The van der Waals surface area contributed by atoms with Crippen LogP contribution in [0.4, 0.5) is 17.1 Å². The van der Waals surface area contributed by atoms with Crippen LogP contribution in [0.5, 0.6) is 5.75 Å². The van der Waals surface area contributed by atoms with Crippen LogP contribution in [0, 0.1) is 17.0 Å². The standard InChI is InChI=1S/C23H19N5O6/c1-14-5-4-6-16(11-14)25-21(30)18-7-2-3-8-19(18)26-22(31)23(32)27-24-13-15-12-17(28(33)34)9-10-20(15)29/h2-13,29H,1H3,(H,25,30)(H,26,31)(H,27,32)/b24-13+. The third kappa shape index (κ3) is 6.01. The Labute approximate surface area is 193 Å². The number of hydrogen-bond donors (Lipinski definition) is 4. The number of para-hydroxylation sites is 1. The number of carbonyl (C=O) groups is 3. The second kappa shape index (κ2) is 10.5. The number of carbonyl (C=O) groups excluding carboxylic acids is 3. The highest BCUT2D eigenvalue weighted by molar-refractivity contribution is 6.40. The van der Waals surface area contributed by atoms with E-state index < -0.39 is 22.6 Å². The van der Waals surface area contributed by atoms with Crippen LogP contribution in [0.1, 0.15) is 21.5 Å². The highest BCUT2D eigenvalue weighted by atomic mass is 16.6. The Morgan fingerprint density at radius 3 is 2.47 bits per heavy atom. The number of amides is 3. The summed E-state index contributed by atoms with van der Waals surface area (Å²) in [6.07, 6.45) is 0.955. The lowest BCUT2D eigenvalue weighted by molar-refractivity contribution is -0.384. The fourth-order valence-corrected chi connectivity index (χ4v) is 2.86. The molecule has 0 aliphatic carbocycles. The van der Waals surface area contributed by atoms with E-state index in [1.54, 1.807) is 30.3 Å². The van der Waals surface area contributed by atoms with Crippen LogP contribution in [-0.2, 0) is 9.59 Å². The van der Waals surface area contributed by atoms with Crippen molar-refractivity contribution in [3.05, 3.63) is 93.5 Å². The zero-order valence-corrected chi connectivity index (χ0v) is 17.8. The molecule has 0 fully saturated rings. The van der Waals surface area contributed by atoms with E-state index in [4.69, 9.17) is 0 Å². The SMILES string of the molecule is Cc1cccc(NC(=O)c2ccccc2NC(=O)C(=O)N/N=C/c2cc([N+](=O)[O-])ccc2O)c1. The number of aryl methyl sites for hydroxylation is 1. The number of phenols is 1. The maximum atomic E-state index is 12.7. The van der Waals surface area contributed by atoms with Gasteiger partial charge in [0.25, 0.3) is 11.6 Å². The lowest BCUT2D eigenvalue weighted by Crippen LogP contribution is -2.33. The maximum absolute atomic E-state index is 12.7. The Morgan fingerprint density at radius 2 is 1.74 bits per heavy atom. The molecule has 0 spiro atoms. The van der Waals surface area contributed by atoms with E-state index in [-0.39, 0.29) is 28.3 Å². The molecule has 0 aliphatic rings. The molecule has 0 atom stereocenters. The molecule has 172 valence electrons. The number of nitrogens with one attached hydrogen (secondary N) is 3. The number of benzene rings is 3. The minimum absolute atomic E-state index is 0.0342. The fraction of sp³-hybridized carbons (Fsp3) is 0.0435. The molecule has 11 nitrogen and oxygen atoms in total. The second-order valence-electron chi connectivity index (χ2n) is 7.02. The average molecular weight is 461 g/mol. The van der Waals surface area contributed by atoms with Gasteiger partial charge in [-0.15, -0.1) is 0 Å². The van der Waals surface area contributed by atoms with Crippen molar-refractivity contribution >= 4 is 41.0 Å². The molecule has 3 aromatic carbocycles. The molecule has 3 aromatic rings. The van der Waals surface area contributed by atoms with Crippen molar-refractivity contribution < 1.29 is 24.4 Å². The van der Waals surface area contributed by atoms with Gasteiger partial charge in [-0.3, -0.25) is 24.5 Å². The van der Waals surface area contributed by atoms with Crippen LogP contribution >= 0.6 is 0 Å². The summed E-state index contributed by atoms with van der Waals surface area (Å²) < 4.78 is 0. The summed E-state index contributed by atoms with van der Waals surface area (Å²) >= 11 is 0. The monoisotopic (exact) mass is 461 g/mol. The maximum Gasteiger partial charge on any atom is 0.329 e. The summed E-state index contributed by atoms with van der Waals surface area (Å²) in [5, 5.41) is 29.2. The summed E-state index contributed by atoms with van der Waals surface area (Å²) in [6, 6.07) is 16.6. The summed E-state index contributed by atoms with van der Waals surface area (Å²) in [5.41, 5.74) is 3.40. The van der Waals surface area contributed by atoms with Gasteiger partial charge in [0.1, 0.15) is 5.75 Å². The van der Waals surface area contributed by atoms with Crippen molar-refractivity contribution in [2.75, 3.05) is 10.6 Å². The number of hydrogen-bond acceptors (Lipinski definition) is 7. The molecule has 0 saturated heterocycles. The lowest BCUT2D eigenvalue weighted by atomic mass is 10.1. The predicted octanol–water partition coefficient (Wildman–Crippen LogP) is 2.95. The first kappa shape index (κ1) is 23.6. The van der Waals surface area contributed by atoms with Crippen LogP contribution in [0.3, 0.4) is 0 Å². The molecule has 4 N–H and O–H groups in total. The molecule has 0 aliphatic heterocycles. The van der Waals surface area contributed by atoms with E-state index in [0.29, 0.717) is 5.69 Å². The summed E-state index contributed by atoms with van der Waals surface area (Å²) in [4.78, 5) is 47.2. The number of rotatable bonds is 6. The topological polar surface area (TPSA) is 163 Å². The molecule has 0 saturated carbocycles. The Morgan fingerprint density at radius 1 is 0.971 bits per heavy atom. The molecule has 0 heterocycles. The van der Waals surface area contributed by atoms with Crippen LogP contribution < -0.4 is 16.1 Å². The van der Waals surface area contributed by atoms with Crippen molar-refractivity contribution in [1.82, 2.24) is 5.43 Å². The van der Waals surface area contributed by atoms with Gasteiger partial charge in [-0.25, -0.2) is 5.43 Å². The van der Waals surface area contributed by atoms with Crippen molar-refractivity contribution in [3.63, 3.8) is 0 Å². The van der Waals surface area contributed by atoms with Gasteiger partial charge in [-0.05, 0) is 42.8 Å². The lowest BCUT2D eigenvalue weighted by Gasteiger charge is -2.11. The van der Waals surface area contributed by atoms with Gasteiger partial charge in [0, 0.05) is 23.4 Å². The summed E-state index contributed by atoms with van der Waals surface area (Å²) in [6.45, 7) is 1.88. The normalized spacial score (nSPS) is 10.5. The largest absolute Gasteiger partial charge is 0.507 e. The number of hydrazone groups is 1. The van der Waals surface area contributed by atoms with Crippen molar-refractivity contribution in [1.29, 1.82) is 0 Å². The van der Waals surface area contributed by atoms with E-state index in [9.17, 15) is 29.6 Å². The fourth-order valence-electron chi connectivity index (χ4n) is 2.86. The molecular formula is C23H19N5O6. The van der Waals surface area contributed by atoms with E-state index in [1.165, 1.54) is 12.1 Å². The second-order valence-corrected chi connectivity index (χ2v) is 7.02. The Bertz CT molecular complexity index is 1300. The highest BCUT2D eigenvalue weighted by Gasteiger charge is 2.18. The van der Waals surface area contributed by atoms with Gasteiger partial charge in [-0.2, -0.15) is 5.10 Å². The number of aromatic hydroxyl groups is 1. The van der Waals surface area contributed by atoms with Gasteiger partial charge in [0.2, 0.25) is 0 Å². The van der Waals surface area contributed by atoms with Gasteiger partial charge in [-0.1, -0.05) is 24.3 Å². The third-order valence-corrected chi connectivity index (χ3v) is 4.49. The Balaban J connectivity index is 1.66. The van der Waals surface area contributed by atoms with Gasteiger partial charge in [0.05, 0.1) is 22.4 Å². The third-order valence-electron chi connectivity index (χ3n) is 4.49. The Hall–Kier alpha value is -5.06. The van der Waals surface area contributed by atoms with Crippen LogP contribution in [0.2, 0.25) is 0 Å². The molecule has 0 bridgehead atoms. The quantitative estimate of drug-likeness (QED) is 0.191. The first-order chi connectivity index (χ1) is 16.2. The number of phenolic OH excluding ortho intramolecular Hbond substituents is 1. The number of nitro groups is 1. The van der Waals surface area contributed by atoms with Crippen molar-refractivity contribution in [2.45, 2.75) is 6.92 Å². The first-order valence-corrected chi connectivity index (χ1v) is 9.83. The average Bonchev–Trinajstić information content (AvgIpc) is 2.80. The zero-order valence-electron chi connectivity index (χ0n) is 17.8. The van der Waals surface area contributed by atoms with E-state index in [0.717, 1.165) is 30.0 Å². The van der Waals surface area contributed by atoms with E-state index in [1.807, 2.05) is 18.4 Å². The molecule has 0 radical (unpaired) electrons. The van der Waals surface area contributed by atoms with Crippen LogP contribution in [0.25, 0.3) is 0 Å². The molecule has 34 heavy (non-hydrogen) atoms. The minimum atomic E-state index is -1.16. The zero-order chi connectivity index (χ0) is 24.7.